The fourth-order valence-corrected chi connectivity index (χ4v) is 3.37. The first-order valence-electron chi connectivity index (χ1n) is 8.92. The summed E-state index contributed by atoms with van der Waals surface area (Å²) in [7, 11) is 0. The van der Waals surface area contributed by atoms with Crippen LogP contribution < -0.4 is 14.8 Å². The van der Waals surface area contributed by atoms with Crippen LogP contribution in [0.15, 0.2) is 49.1 Å². The number of rotatable bonds is 5. The monoisotopic (exact) mass is 398 g/mol. The summed E-state index contributed by atoms with van der Waals surface area (Å²) in [5.74, 6) is 1.02. The van der Waals surface area contributed by atoms with E-state index >= 15 is 0 Å². The third-order valence-electron chi connectivity index (χ3n) is 4.48. The lowest BCUT2D eigenvalue weighted by atomic mass is 10.1. The molecule has 2 heterocycles. The van der Waals surface area contributed by atoms with Gasteiger partial charge in [0.2, 0.25) is 5.91 Å². The van der Waals surface area contributed by atoms with Gasteiger partial charge in [0.15, 0.2) is 11.5 Å². The van der Waals surface area contributed by atoms with Gasteiger partial charge in [0.25, 0.3) is 0 Å². The molecule has 0 radical (unpaired) electrons. The van der Waals surface area contributed by atoms with Gasteiger partial charge in [-0.3, -0.25) is 4.79 Å². The van der Waals surface area contributed by atoms with Gasteiger partial charge in [-0.15, -0.1) is 0 Å². The Morgan fingerprint density at radius 1 is 1.25 bits per heavy atom. The van der Waals surface area contributed by atoms with E-state index in [4.69, 9.17) is 21.1 Å². The first-order chi connectivity index (χ1) is 13.6. The number of hydrogen-bond donors (Lipinski definition) is 1. The Labute approximate surface area is 167 Å². The molecule has 7 nitrogen and oxygen atoms in total. The quantitative estimate of drug-likeness (QED) is 0.714. The number of fused-ring (bicyclic) bond motifs is 1. The lowest BCUT2D eigenvalue weighted by Crippen LogP contribution is -2.28. The second-order valence-corrected chi connectivity index (χ2v) is 6.91. The zero-order chi connectivity index (χ0) is 19.5. The predicted molar refractivity (Wildman–Crippen MR) is 104 cm³/mol. The first kappa shape index (κ1) is 18.3. The number of carbonyl (C=O) groups excluding carboxylic acids is 1. The molecule has 0 bridgehead atoms. The van der Waals surface area contributed by atoms with Crippen LogP contribution in [0.25, 0.3) is 5.69 Å². The van der Waals surface area contributed by atoms with E-state index in [1.165, 1.54) is 6.33 Å². The van der Waals surface area contributed by atoms with Crippen LogP contribution in [0.3, 0.4) is 0 Å². The summed E-state index contributed by atoms with van der Waals surface area (Å²) in [6, 6.07) is 11.2. The molecule has 1 N–H and O–H groups in total. The van der Waals surface area contributed by atoms with Gasteiger partial charge in [0.05, 0.1) is 23.2 Å². The molecular formula is C20H19ClN4O3. The number of amides is 1. The van der Waals surface area contributed by atoms with Crippen LogP contribution in [-0.4, -0.2) is 33.9 Å². The number of carbonyl (C=O) groups is 1. The van der Waals surface area contributed by atoms with Crippen molar-refractivity contribution in [3.05, 3.63) is 65.2 Å². The molecule has 0 saturated carbocycles. The number of hydrogen-bond acceptors (Lipinski definition) is 5. The zero-order valence-corrected chi connectivity index (χ0v) is 16.0. The van der Waals surface area contributed by atoms with Crippen molar-refractivity contribution in [2.24, 2.45) is 0 Å². The number of halogens is 1. The lowest BCUT2D eigenvalue weighted by molar-refractivity contribution is -0.121. The van der Waals surface area contributed by atoms with Gasteiger partial charge in [0, 0.05) is 0 Å². The average Bonchev–Trinajstić information content (AvgIpc) is 3.23. The third-order valence-corrected chi connectivity index (χ3v) is 4.76. The van der Waals surface area contributed by atoms with E-state index in [0.29, 0.717) is 29.7 Å². The number of nitrogens with one attached hydrogen (secondary N) is 1. The summed E-state index contributed by atoms with van der Waals surface area (Å²) in [5.41, 5.74) is 2.68. The predicted octanol–water partition coefficient (Wildman–Crippen LogP) is 3.11. The molecule has 1 aliphatic rings. The van der Waals surface area contributed by atoms with Gasteiger partial charge in [-0.2, -0.15) is 5.10 Å². The maximum Gasteiger partial charge on any atom is 0.224 e. The minimum atomic E-state index is -0.134. The molecule has 28 heavy (non-hydrogen) atoms. The van der Waals surface area contributed by atoms with Crippen LogP contribution in [0.4, 0.5) is 0 Å². The van der Waals surface area contributed by atoms with Crippen molar-refractivity contribution in [3.63, 3.8) is 0 Å². The molecule has 2 aromatic carbocycles. The summed E-state index contributed by atoms with van der Waals surface area (Å²) in [4.78, 5) is 16.4. The first-order valence-corrected chi connectivity index (χ1v) is 9.30. The highest BCUT2D eigenvalue weighted by Gasteiger charge is 2.18. The van der Waals surface area contributed by atoms with Crippen molar-refractivity contribution in [3.8, 4) is 17.2 Å². The molecule has 0 saturated heterocycles. The highest BCUT2D eigenvalue weighted by molar-refractivity contribution is 6.32. The van der Waals surface area contributed by atoms with E-state index in [1.807, 2.05) is 31.2 Å². The summed E-state index contributed by atoms with van der Waals surface area (Å²) >= 11 is 6.24. The van der Waals surface area contributed by atoms with Gasteiger partial charge in [-0.25, -0.2) is 9.67 Å². The van der Waals surface area contributed by atoms with Crippen LogP contribution >= 0.6 is 11.6 Å². The number of ether oxygens (including phenoxy) is 2. The van der Waals surface area contributed by atoms with E-state index in [1.54, 1.807) is 23.1 Å². The minimum absolute atomic E-state index is 0.0967. The summed E-state index contributed by atoms with van der Waals surface area (Å²) in [6.07, 6.45) is 3.33. The van der Waals surface area contributed by atoms with Crippen molar-refractivity contribution < 1.29 is 14.3 Å². The topological polar surface area (TPSA) is 78.3 Å². The Balaban J connectivity index is 1.40. The minimum Gasteiger partial charge on any atom is -0.486 e. The number of nitrogens with zero attached hydrogens (tertiary/aromatic N) is 3. The Bertz CT molecular complexity index is 974. The van der Waals surface area contributed by atoms with Gasteiger partial charge in [-0.05, 0) is 42.3 Å². The fourth-order valence-electron chi connectivity index (χ4n) is 3.08. The Morgan fingerprint density at radius 3 is 2.79 bits per heavy atom. The standard InChI is InChI=1S/C20H19ClN4O3/c1-13(15-2-4-16(5-3-15)25-12-22-11-23-25)24-19(26)10-14-8-17(21)20-18(9-14)27-6-7-28-20/h2-5,8-9,11-13H,6-7,10H2,1H3,(H,24,26). The van der Waals surface area contributed by atoms with Crippen molar-refractivity contribution in [2.75, 3.05) is 13.2 Å². The SMILES string of the molecule is CC(NC(=O)Cc1cc(Cl)c2c(c1)OCCO2)c1ccc(-n2cncn2)cc1. The van der Waals surface area contributed by atoms with Crippen molar-refractivity contribution in [1.82, 2.24) is 20.1 Å². The van der Waals surface area contributed by atoms with Crippen LogP contribution in [-0.2, 0) is 11.2 Å². The highest BCUT2D eigenvalue weighted by atomic mass is 35.5. The van der Waals surface area contributed by atoms with Crippen LogP contribution in [0.5, 0.6) is 11.5 Å². The Hall–Kier alpha value is -3.06. The molecule has 1 amide bonds. The smallest absolute Gasteiger partial charge is 0.224 e. The van der Waals surface area contributed by atoms with Crippen molar-refractivity contribution >= 4 is 17.5 Å². The second kappa shape index (κ2) is 7.90. The summed E-state index contributed by atoms with van der Waals surface area (Å²) in [5, 5.41) is 7.56. The molecule has 144 valence electrons. The zero-order valence-electron chi connectivity index (χ0n) is 15.3. The van der Waals surface area contributed by atoms with Crippen LogP contribution in [0.2, 0.25) is 5.02 Å². The van der Waals surface area contributed by atoms with E-state index < -0.39 is 0 Å². The van der Waals surface area contributed by atoms with E-state index in [9.17, 15) is 4.79 Å². The Kier molecular flexibility index (Phi) is 5.16. The average molecular weight is 399 g/mol. The van der Waals surface area contributed by atoms with Crippen LogP contribution in [0, 0.1) is 0 Å². The summed E-state index contributed by atoms with van der Waals surface area (Å²) < 4.78 is 12.8. The largest absolute Gasteiger partial charge is 0.486 e. The molecule has 8 heteroatoms. The molecule has 3 aromatic rings. The van der Waals surface area contributed by atoms with E-state index in [0.717, 1.165) is 16.8 Å². The third kappa shape index (κ3) is 3.94. The maximum atomic E-state index is 12.5. The molecule has 1 aliphatic heterocycles. The van der Waals surface area contributed by atoms with Gasteiger partial charge in [0.1, 0.15) is 25.9 Å². The fraction of sp³-hybridized carbons (Fsp3) is 0.250. The molecule has 1 unspecified atom stereocenters. The molecule has 0 aliphatic carbocycles. The maximum absolute atomic E-state index is 12.5. The highest BCUT2D eigenvalue weighted by Crippen LogP contribution is 2.38. The molecule has 1 atom stereocenters. The second-order valence-electron chi connectivity index (χ2n) is 6.50. The van der Waals surface area contributed by atoms with Crippen LogP contribution in [0.1, 0.15) is 24.1 Å². The Morgan fingerprint density at radius 2 is 2.04 bits per heavy atom. The van der Waals surface area contributed by atoms with E-state index in [-0.39, 0.29) is 18.4 Å². The number of aromatic nitrogens is 3. The molecule has 0 spiro atoms. The van der Waals surface area contributed by atoms with E-state index in [2.05, 4.69) is 15.4 Å². The number of benzene rings is 2. The summed E-state index contributed by atoms with van der Waals surface area (Å²) in [6.45, 7) is 2.89. The molecule has 4 rings (SSSR count). The van der Waals surface area contributed by atoms with Gasteiger partial charge < -0.3 is 14.8 Å². The van der Waals surface area contributed by atoms with Gasteiger partial charge >= 0.3 is 0 Å². The van der Waals surface area contributed by atoms with Crippen molar-refractivity contribution in [2.45, 2.75) is 19.4 Å². The lowest BCUT2D eigenvalue weighted by Gasteiger charge is -2.20. The normalized spacial score (nSPS) is 13.8. The molecule has 0 fully saturated rings. The molecule has 1 aromatic heterocycles. The van der Waals surface area contributed by atoms with Crippen molar-refractivity contribution in [1.29, 1.82) is 0 Å². The molecular weight excluding hydrogens is 380 g/mol. The van der Waals surface area contributed by atoms with Gasteiger partial charge in [-0.1, -0.05) is 23.7 Å².